The Hall–Kier alpha value is -3.37. The molecule has 7 nitrogen and oxygen atoms in total. The number of amides is 2. The third-order valence-corrected chi connectivity index (χ3v) is 6.23. The van der Waals surface area contributed by atoms with Gasteiger partial charge in [-0.3, -0.25) is 9.59 Å². The zero-order valence-electron chi connectivity index (χ0n) is 18.9. The fraction of sp³-hybridized carbons (Fsp3) is 0.423. The highest BCUT2D eigenvalue weighted by Gasteiger charge is 2.28. The van der Waals surface area contributed by atoms with Crippen molar-refractivity contribution in [1.29, 1.82) is 5.26 Å². The third kappa shape index (κ3) is 5.91. The second-order valence-electron chi connectivity index (χ2n) is 8.56. The molecule has 0 saturated carbocycles. The molecule has 2 fully saturated rings. The van der Waals surface area contributed by atoms with Gasteiger partial charge in [-0.1, -0.05) is 12.5 Å². The molecule has 2 saturated heterocycles. The van der Waals surface area contributed by atoms with Crippen molar-refractivity contribution >= 4 is 17.5 Å². The van der Waals surface area contributed by atoms with Crippen LogP contribution in [0.1, 0.15) is 41.6 Å². The van der Waals surface area contributed by atoms with E-state index in [1.165, 1.54) is 37.3 Å². The van der Waals surface area contributed by atoms with Crippen LogP contribution in [0.3, 0.4) is 0 Å². The van der Waals surface area contributed by atoms with Crippen molar-refractivity contribution in [2.75, 3.05) is 50.8 Å². The van der Waals surface area contributed by atoms with E-state index in [1.54, 1.807) is 29.2 Å². The first-order valence-electron chi connectivity index (χ1n) is 11.7. The molecule has 0 atom stereocenters. The Labute approximate surface area is 195 Å². The fourth-order valence-corrected chi connectivity index (χ4v) is 4.41. The Balaban J connectivity index is 1.26. The van der Waals surface area contributed by atoms with Gasteiger partial charge in [0, 0.05) is 30.9 Å². The van der Waals surface area contributed by atoms with Gasteiger partial charge in [-0.25, -0.2) is 0 Å². The molecule has 7 heteroatoms. The molecule has 0 N–H and O–H groups in total. The average molecular weight is 447 g/mol. The number of ether oxygens (including phenoxy) is 1. The lowest BCUT2D eigenvalue weighted by Crippen LogP contribution is -2.52. The van der Waals surface area contributed by atoms with Crippen LogP contribution in [-0.4, -0.2) is 67.5 Å². The summed E-state index contributed by atoms with van der Waals surface area (Å²) in [6.07, 6.45) is 4.96. The number of anilines is 1. The van der Waals surface area contributed by atoms with Gasteiger partial charge in [0.15, 0.2) is 0 Å². The van der Waals surface area contributed by atoms with Crippen molar-refractivity contribution in [3.8, 4) is 11.8 Å². The Morgan fingerprint density at radius 3 is 2.52 bits per heavy atom. The van der Waals surface area contributed by atoms with Crippen LogP contribution in [0.2, 0.25) is 0 Å². The lowest BCUT2D eigenvalue weighted by Gasteiger charge is -2.34. The first-order chi connectivity index (χ1) is 16.1. The summed E-state index contributed by atoms with van der Waals surface area (Å²) < 4.78 is 5.88. The van der Waals surface area contributed by atoms with Crippen molar-refractivity contribution in [3.05, 3.63) is 59.7 Å². The average Bonchev–Trinajstić information content (AvgIpc) is 2.87. The standard InChI is InChI=1S/C26H30N4O3/c27-19-21-6-4-7-22(18-21)26(32)29-15-16-30(25(31)20-29)23-8-10-24(11-9-23)33-17-5-14-28-12-2-1-3-13-28/h4,6-11,18H,1-3,5,12-17,20H2. The van der Waals surface area contributed by atoms with Crippen LogP contribution in [0.4, 0.5) is 5.69 Å². The van der Waals surface area contributed by atoms with Crippen LogP contribution in [0, 0.1) is 11.3 Å². The highest BCUT2D eigenvalue weighted by atomic mass is 16.5. The summed E-state index contributed by atoms with van der Waals surface area (Å²) in [7, 11) is 0. The highest BCUT2D eigenvalue weighted by Crippen LogP contribution is 2.22. The lowest BCUT2D eigenvalue weighted by molar-refractivity contribution is -0.120. The Morgan fingerprint density at radius 1 is 1.00 bits per heavy atom. The van der Waals surface area contributed by atoms with Gasteiger partial charge in [-0.15, -0.1) is 0 Å². The maximum absolute atomic E-state index is 12.8. The summed E-state index contributed by atoms with van der Waals surface area (Å²) in [5.41, 5.74) is 1.66. The fourth-order valence-electron chi connectivity index (χ4n) is 4.41. The number of piperazine rings is 1. The van der Waals surface area contributed by atoms with Crippen LogP contribution in [0.15, 0.2) is 48.5 Å². The molecule has 0 spiro atoms. The first-order valence-corrected chi connectivity index (χ1v) is 11.7. The number of rotatable bonds is 7. The normalized spacial score (nSPS) is 17.0. The molecule has 2 amide bonds. The summed E-state index contributed by atoms with van der Waals surface area (Å²) in [4.78, 5) is 31.3. The predicted octanol–water partition coefficient (Wildman–Crippen LogP) is 3.30. The summed E-state index contributed by atoms with van der Waals surface area (Å²) in [6.45, 7) is 5.06. The van der Waals surface area contributed by atoms with Gasteiger partial charge in [0.25, 0.3) is 5.91 Å². The number of hydrogen-bond donors (Lipinski definition) is 0. The maximum Gasteiger partial charge on any atom is 0.254 e. The molecule has 33 heavy (non-hydrogen) atoms. The van der Waals surface area contributed by atoms with Gasteiger partial charge in [-0.2, -0.15) is 5.26 Å². The van der Waals surface area contributed by atoms with Gasteiger partial charge in [0.1, 0.15) is 12.3 Å². The zero-order chi connectivity index (χ0) is 23.0. The number of piperidine rings is 1. The van der Waals surface area contributed by atoms with Gasteiger partial charge in [0.2, 0.25) is 5.91 Å². The smallest absolute Gasteiger partial charge is 0.254 e. The molecule has 0 unspecified atom stereocenters. The Bertz CT molecular complexity index is 1010. The molecule has 2 aliphatic heterocycles. The van der Waals surface area contributed by atoms with Crippen molar-refractivity contribution in [2.24, 2.45) is 0 Å². The summed E-state index contributed by atoms with van der Waals surface area (Å²) in [6, 6.07) is 16.2. The van der Waals surface area contributed by atoms with E-state index in [9.17, 15) is 9.59 Å². The molecule has 2 aromatic rings. The van der Waals surface area contributed by atoms with Crippen molar-refractivity contribution in [2.45, 2.75) is 25.7 Å². The number of nitriles is 1. The molecule has 0 aliphatic carbocycles. The molecule has 2 heterocycles. The van der Waals surface area contributed by atoms with Gasteiger partial charge in [-0.05, 0) is 74.8 Å². The maximum atomic E-state index is 12.8. The molecule has 4 rings (SSSR count). The van der Waals surface area contributed by atoms with Crippen LogP contribution >= 0.6 is 0 Å². The first kappa shape index (κ1) is 22.8. The van der Waals surface area contributed by atoms with Gasteiger partial charge in [0.05, 0.1) is 18.2 Å². The van der Waals surface area contributed by atoms with E-state index < -0.39 is 0 Å². The number of nitrogens with zero attached hydrogens (tertiary/aromatic N) is 4. The summed E-state index contributed by atoms with van der Waals surface area (Å²) in [5, 5.41) is 9.04. The second-order valence-corrected chi connectivity index (χ2v) is 8.56. The Kier molecular flexibility index (Phi) is 7.59. The topological polar surface area (TPSA) is 76.9 Å². The van der Waals surface area contributed by atoms with E-state index in [1.807, 2.05) is 30.3 Å². The lowest BCUT2D eigenvalue weighted by atomic mass is 10.1. The minimum absolute atomic E-state index is 0.0182. The van der Waals surface area contributed by atoms with E-state index in [0.717, 1.165) is 24.4 Å². The van der Waals surface area contributed by atoms with Crippen LogP contribution in [0.5, 0.6) is 5.75 Å². The molecular formula is C26H30N4O3. The van der Waals surface area contributed by atoms with E-state index >= 15 is 0 Å². The molecule has 2 aromatic carbocycles. The molecule has 0 radical (unpaired) electrons. The highest BCUT2D eigenvalue weighted by molar-refractivity contribution is 6.01. The number of likely N-dealkylation sites (tertiary alicyclic amines) is 1. The van der Waals surface area contributed by atoms with Crippen LogP contribution in [-0.2, 0) is 4.79 Å². The minimum atomic E-state index is -0.228. The molecule has 0 aromatic heterocycles. The van der Waals surface area contributed by atoms with Crippen LogP contribution in [0.25, 0.3) is 0 Å². The van der Waals surface area contributed by atoms with Crippen molar-refractivity contribution in [3.63, 3.8) is 0 Å². The number of hydrogen-bond acceptors (Lipinski definition) is 5. The van der Waals surface area contributed by atoms with E-state index in [2.05, 4.69) is 4.90 Å². The molecule has 0 bridgehead atoms. The molecule has 2 aliphatic rings. The van der Waals surface area contributed by atoms with Gasteiger partial charge < -0.3 is 19.4 Å². The molecule has 172 valence electrons. The van der Waals surface area contributed by atoms with Crippen molar-refractivity contribution < 1.29 is 14.3 Å². The predicted molar refractivity (Wildman–Crippen MR) is 126 cm³/mol. The number of benzene rings is 2. The minimum Gasteiger partial charge on any atom is -0.494 e. The monoisotopic (exact) mass is 446 g/mol. The van der Waals surface area contributed by atoms with E-state index in [0.29, 0.717) is 30.8 Å². The SMILES string of the molecule is N#Cc1cccc(C(=O)N2CCN(c3ccc(OCCCN4CCCCC4)cc3)C(=O)C2)c1. The van der Waals surface area contributed by atoms with Crippen LogP contribution < -0.4 is 9.64 Å². The third-order valence-electron chi connectivity index (χ3n) is 6.23. The quantitative estimate of drug-likeness (QED) is 0.610. The Morgan fingerprint density at radius 2 is 1.79 bits per heavy atom. The second kappa shape index (κ2) is 11.0. The van der Waals surface area contributed by atoms with Gasteiger partial charge >= 0.3 is 0 Å². The van der Waals surface area contributed by atoms with E-state index in [4.69, 9.17) is 10.00 Å². The zero-order valence-corrected chi connectivity index (χ0v) is 18.9. The number of carbonyl (C=O) groups excluding carboxylic acids is 2. The van der Waals surface area contributed by atoms with E-state index in [-0.39, 0.29) is 18.4 Å². The summed E-state index contributed by atoms with van der Waals surface area (Å²) >= 11 is 0. The van der Waals surface area contributed by atoms with Crippen molar-refractivity contribution in [1.82, 2.24) is 9.80 Å². The number of carbonyl (C=O) groups is 2. The largest absolute Gasteiger partial charge is 0.494 e. The summed E-state index contributed by atoms with van der Waals surface area (Å²) in [5.74, 6) is 0.450. The molecular weight excluding hydrogens is 416 g/mol.